The lowest BCUT2D eigenvalue weighted by Gasteiger charge is -2.35. The summed E-state index contributed by atoms with van der Waals surface area (Å²) in [6.07, 6.45) is 1.45. The van der Waals surface area contributed by atoms with E-state index in [9.17, 15) is 0 Å². The molecule has 2 nitrogen and oxygen atoms in total. The highest BCUT2D eigenvalue weighted by atomic mass is 15.3. The predicted molar refractivity (Wildman–Crippen MR) is 74.2 cm³/mol. The third-order valence-electron chi connectivity index (χ3n) is 3.90. The number of likely N-dealkylation sites (tertiary alicyclic amines) is 2. The van der Waals surface area contributed by atoms with Gasteiger partial charge in [0.15, 0.2) is 0 Å². The maximum absolute atomic E-state index is 2.75. The van der Waals surface area contributed by atoms with Gasteiger partial charge in [-0.25, -0.2) is 0 Å². The number of hydrogen-bond acceptors (Lipinski definition) is 2. The summed E-state index contributed by atoms with van der Waals surface area (Å²) < 4.78 is 0. The fourth-order valence-corrected chi connectivity index (χ4v) is 3.62. The van der Waals surface area contributed by atoms with Crippen LogP contribution in [0.5, 0.6) is 0 Å². The minimum atomic E-state index is 0.445. The van der Waals surface area contributed by atoms with Crippen LogP contribution >= 0.6 is 0 Å². The number of rotatable bonds is 3. The zero-order valence-electron chi connectivity index (χ0n) is 12.4. The predicted octanol–water partition coefficient (Wildman–Crippen LogP) is 2.69. The zero-order chi connectivity index (χ0) is 12.6. The summed E-state index contributed by atoms with van der Waals surface area (Å²) in [4.78, 5) is 5.46. The van der Waals surface area contributed by atoms with Gasteiger partial charge < -0.3 is 4.90 Å². The summed E-state index contributed by atoms with van der Waals surface area (Å²) in [5.74, 6) is 1.75. The standard InChI is InChI=1S/C15H30N2/c1-12(2)7-16-8-13-6-14(10-16)17(9-13)11-15(3,4)5/h12-14H,6-11H2,1-5H3. The first kappa shape index (κ1) is 13.4. The van der Waals surface area contributed by atoms with Crippen molar-refractivity contribution in [2.75, 3.05) is 32.7 Å². The fourth-order valence-electron chi connectivity index (χ4n) is 3.62. The van der Waals surface area contributed by atoms with Crippen molar-refractivity contribution in [3.63, 3.8) is 0 Å². The Balaban J connectivity index is 1.91. The smallest absolute Gasteiger partial charge is 0.0227 e. The van der Waals surface area contributed by atoms with E-state index in [-0.39, 0.29) is 0 Å². The third kappa shape index (κ3) is 3.69. The molecule has 0 amide bonds. The van der Waals surface area contributed by atoms with E-state index in [0.717, 1.165) is 17.9 Å². The van der Waals surface area contributed by atoms with Gasteiger partial charge in [-0.3, -0.25) is 4.90 Å². The first-order chi connectivity index (χ1) is 7.83. The number of nitrogens with zero attached hydrogens (tertiary/aromatic N) is 2. The van der Waals surface area contributed by atoms with Crippen LogP contribution in [0.2, 0.25) is 0 Å². The molecular formula is C15H30N2. The lowest BCUT2D eigenvalue weighted by atomic mass is 9.95. The van der Waals surface area contributed by atoms with Gasteiger partial charge >= 0.3 is 0 Å². The van der Waals surface area contributed by atoms with Crippen LogP contribution in [-0.4, -0.2) is 48.6 Å². The van der Waals surface area contributed by atoms with Gasteiger partial charge in [-0.2, -0.15) is 0 Å². The van der Waals surface area contributed by atoms with Crippen molar-refractivity contribution in [3.8, 4) is 0 Å². The van der Waals surface area contributed by atoms with Gasteiger partial charge in [0, 0.05) is 38.8 Å². The van der Waals surface area contributed by atoms with E-state index < -0.39 is 0 Å². The minimum absolute atomic E-state index is 0.445. The van der Waals surface area contributed by atoms with E-state index in [2.05, 4.69) is 44.4 Å². The van der Waals surface area contributed by atoms with Crippen LogP contribution in [0, 0.1) is 17.3 Å². The van der Waals surface area contributed by atoms with Gasteiger partial charge in [-0.1, -0.05) is 34.6 Å². The topological polar surface area (TPSA) is 6.48 Å². The second-order valence-corrected chi connectivity index (χ2v) is 7.86. The summed E-state index contributed by atoms with van der Waals surface area (Å²) in [7, 11) is 0. The molecule has 0 aromatic rings. The molecule has 2 saturated heterocycles. The molecule has 2 unspecified atom stereocenters. The third-order valence-corrected chi connectivity index (χ3v) is 3.90. The van der Waals surface area contributed by atoms with Crippen LogP contribution in [0.1, 0.15) is 41.0 Å². The molecule has 2 fully saturated rings. The zero-order valence-corrected chi connectivity index (χ0v) is 12.4. The van der Waals surface area contributed by atoms with Gasteiger partial charge in [0.05, 0.1) is 0 Å². The molecule has 2 bridgehead atoms. The van der Waals surface area contributed by atoms with Crippen molar-refractivity contribution in [2.45, 2.75) is 47.1 Å². The maximum Gasteiger partial charge on any atom is 0.0227 e. The number of piperidine rings is 1. The van der Waals surface area contributed by atoms with Gasteiger partial charge in [-0.05, 0) is 23.7 Å². The summed E-state index contributed by atoms with van der Waals surface area (Å²) in [6, 6.07) is 0.840. The molecule has 0 saturated carbocycles. The van der Waals surface area contributed by atoms with Gasteiger partial charge in [-0.15, -0.1) is 0 Å². The van der Waals surface area contributed by atoms with Crippen LogP contribution in [0.3, 0.4) is 0 Å². The molecule has 2 aliphatic rings. The molecule has 2 heteroatoms. The Kier molecular flexibility index (Phi) is 3.84. The second-order valence-electron chi connectivity index (χ2n) is 7.86. The highest BCUT2D eigenvalue weighted by molar-refractivity contribution is 4.94. The number of fused-ring (bicyclic) bond motifs is 2. The maximum atomic E-state index is 2.75. The van der Waals surface area contributed by atoms with Crippen molar-refractivity contribution in [3.05, 3.63) is 0 Å². The van der Waals surface area contributed by atoms with Crippen LogP contribution in [0.25, 0.3) is 0 Å². The summed E-state index contributed by atoms with van der Waals surface area (Å²) in [5.41, 5.74) is 0.445. The molecule has 100 valence electrons. The molecule has 2 aliphatic heterocycles. The second kappa shape index (κ2) is 4.89. The van der Waals surface area contributed by atoms with Crippen molar-refractivity contribution in [2.24, 2.45) is 17.3 Å². The Labute approximate surface area is 107 Å². The van der Waals surface area contributed by atoms with Crippen LogP contribution in [0.15, 0.2) is 0 Å². The van der Waals surface area contributed by atoms with E-state index in [1.165, 1.54) is 39.1 Å². The average Bonchev–Trinajstić information content (AvgIpc) is 2.37. The van der Waals surface area contributed by atoms with Crippen molar-refractivity contribution < 1.29 is 0 Å². The molecule has 0 aliphatic carbocycles. The molecule has 0 radical (unpaired) electrons. The molecule has 2 heterocycles. The minimum Gasteiger partial charge on any atom is -0.301 e. The highest BCUT2D eigenvalue weighted by Crippen LogP contribution is 2.32. The van der Waals surface area contributed by atoms with Crippen LogP contribution in [-0.2, 0) is 0 Å². The van der Waals surface area contributed by atoms with Crippen LogP contribution in [0.4, 0.5) is 0 Å². The lowest BCUT2D eigenvalue weighted by molar-refractivity contribution is 0.130. The Hall–Kier alpha value is -0.0800. The lowest BCUT2D eigenvalue weighted by Crippen LogP contribution is -2.45. The first-order valence-corrected chi connectivity index (χ1v) is 7.30. The molecule has 2 rings (SSSR count). The normalized spacial score (nSPS) is 31.4. The Morgan fingerprint density at radius 3 is 2.41 bits per heavy atom. The van der Waals surface area contributed by atoms with E-state index >= 15 is 0 Å². The van der Waals surface area contributed by atoms with Crippen molar-refractivity contribution >= 4 is 0 Å². The SMILES string of the molecule is CC(C)CN1CC2CC(C1)N(CC(C)(C)C)C2. The summed E-state index contributed by atoms with van der Waals surface area (Å²) in [5, 5.41) is 0. The Morgan fingerprint density at radius 2 is 1.82 bits per heavy atom. The van der Waals surface area contributed by atoms with E-state index in [1.54, 1.807) is 0 Å². The molecular weight excluding hydrogens is 208 g/mol. The van der Waals surface area contributed by atoms with Gasteiger partial charge in [0.2, 0.25) is 0 Å². The summed E-state index contributed by atoms with van der Waals surface area (Å²) >= 11 is 0. The quantitative estimate of drug-likeness (QED) is 0.746. The Bertz CT molecular complexity index is 254. The van der Waals surface area contributed by atoms with E-state index in [1.807, 2.05) is 0 Å². The number of hydrogen-bond donors (Lipinski definition) is 0. The molecule has 0 N–H and O–H groups in total. The van der Waals surface area contributed by atoms with E-state index in [0.29, 0.717) is 5.41 Å². The van der Waals surface area contributed by atoms with Gasteiger partial charge in [0.25, 0.3) is 0 Å². The molecule has 2 atom stereocenters. The first-order valence-electron chi connectivity index (χ1n) is 7.30. The molecule has 0 aromatic carbocycles. The molecule has 0 aromatic heterocycles. The largest absolute Gasteiger partial charge is 0.301 e. The van der Waals surface area contributed by atoms with Crippen molar-refractivity contribution in [1.82, 2.24) is 9.80 Å². The monoisotopic (exact) mass is 238 g/mol. The van der Waals surface area contributed by atoms with E-state index in [4.69, 9.17) is 0 Å². The van der Waals surface area contributed by atoms with Crippen LogP contribution < -0.4 is 0 Å². The highest BCUT2D eigenvalue weighted by Gasteiger charge is 2.39. The Morgan fingerprint density at radius 1 is 1.12 bits per heavy atom. The average molecular weight is 238 g/mol. The molecule has 17 heavy (non-hydrogen) atoms. The van der Waals surface area contributed by atoms with Gasteiger partial charge in [0.1, 0.15) is 0 Å². The van der Waals surface area contributed by atoms with Crippen molar-refractivity contribution in [1.29, 1.82) is 0 Å². The fraction of sp³-hybridized carbons (Fsp3) is 1.00. The summed E-state index contributed by atoms with van der Waals surface area (Å²) in [6.45, 7) is 18.3. The molecule has 0 spiro atoms.